The molecular formula is C17H10N4O2. The van der Waals surface area contributed by atoms with Crippen LogP contribution in [-0.2, 0) is 0 Å². The zero-order valence-corrected chi connectivity index (χ0v) is 11.9. The van der Waals surface area contributed by atoms with Gasteiger partial charge >= 0.3 is 0 Å². The summed E-state index contributed by atoms with van der Waals surface area (Å²) in [5.41, 5.74) is 1.65. The van der Waals surface area contributed by atoms with Crippen molar-refractivity contribution in [2.75, 3.05) is 0 Å². The highest BCUT2D eigenvalue weighted by Gasteiger charge is 2.34. The fourth-order valence-corrected chi connectivity index (χ4v) is 2.45. The number of fused-ring (bicyclic) bond motifs is 2. The van der Waals surface area contributed by atoms with E-state index in [1.807, 2.05) is 30.3 Å². The van der Waals surface area contributed by atoms with Crippen LogP contribution in [0.1, 0.15) is 37.7 Å². The summed E-state index contributed by atoms with van der Waals surface area (Å²) >= 11 is 0. The molecule has 0 aliphatic heterocycles. The van der Waals surface area contributed by atoms with Crippen molar-refractivity contribution in [1.29, 1.82) is 0 Å². The number of aromatic nitrogens is 3. The molecule has 4 rings (SSSR count). The number of rotatable bonds is 2. The molecular weight excluding hydrogens is 292 g/mol. The first-order chi connectivity index (χ1) is 11.2. The van der Waals surface area contributed by atoms with E-state index in [1.54, 1.807) is 30.5 Å². The van der Waals surface area contributed by atoms with Crippen molar-refractivity contribution in [3.63, 3.8) is 0 Å². The molecule has 0 unspecified atom stereocenters. The summed E-state index contributed by atoms with van der Waals surface area (Å²) in [6.07, 6.45) is 1.56. The normalized spacial score (nSPS) is 13.2. The maximum atomic E-state index is 12.4. The van der Waals surface area contributed by atoms with Gasteiger partial charge in [0.15, 0.2) is 11.4 Å². The van der Waals surface area contributed by atoms with Crippen LogP contribution in [0, 0.1) is 0 Å². The van der Waals surface area contributed by atoms with E-state index in [-0.39, 0.29) is 23.0 Å². The van der Waals surface area contributed by atoms with E-state index in [0.717, 1.165) is 10.5 Å². The minimum atomic E-state index is -0.309. The number of hydrogen-bond acceptors (Lipinski definition) is 5. The van der Waals surface area contributed by atoms with E-state index in [9.17, 15) is 9.59 Å². The highest BCUT2D eigenvalue weighted by atomic mass is 16.1. The number of carbonyl (C=O) groups excluding carboxylic acids is 2. The van der Waals surface area contributed by atoms with Crippen LogP contribution in [0.15, 0.2) is 59.7 Å². The molecule has 6 nitrogen and oxygen atoms in total. The summed E-state index contributed by atoms with van der Waals surface area (Å²) < 4.78 is 0. The minimum Gasteiger partial charge on any atom is -0.287 e. The van der Waals surface area contributed by atoms with Crippen molar-refractivity contribution >= 4 is 17.8 Å². The average Bonchev–Trinajstić information content (AvgIpc) is 3.04. The molecule has 1 heterocycles. The van der Waals surface area contributed by atoms with Crippen molar-refractivity contribution in [3.8, 4) is 0 Å². The van der Waals surface area contributed by atoms with E-state index >= 15 is 0 Å². The molecule has 0 saturated heterocycles. The number of ketones is 2. The third-order valence-electron chi connectivity index (χ3n) is 3.56. The molecule has 0 amide bonds. The molecule has 0 fully saturated rings. The quantitative estimate of drug-likeness (QED) is 0.530. The number of carbonyl (C=O) groups is 2. The molecule has 23 heavy (non-hydrogen) atoms. The van der Waals surface area contributed by atoms with Gasteiger partial charge in [-0.1, -0.05) is 59.5 Å². The summed E-state index contributed by atoms with van der Waals surface area (Å²) in [7, 11) is 0. The van der Waals surface area contributed by atoms with Gasteiger partial charge in [-0.05, 0) is 5.56 Å². The van der Waals surface area contributed by atoms with E-state index < -0.39 is 0 Å². The lowest BCUT2D eigenvalue weighted by molar-refractivity contribution is 0.0974. The predicted molar refractivity (Wildman–Crippen MR) is 82.8 cm³/mol. The van der Waals surface area contributed by atoms with E-state index in [0.29, 0.717) is 11.1 Å². The second-order valence-corrected chi connectivity index (χ2v) is 5.02. The molecule has 110 valence electrons. The summed E-state index contributed by atoms with van der Waals surface area (Å²) in [4.78, 5) is 25.9. The van der Waals surface area contributed by atoms with Gasteiger partial charge in [0.1, 0.15) is 0 Å². The van der Waals surface area contributed by atoms with Gasteiger partial charge in [0.05, 0.1) is 6.21 Å². The zero-order chi connectivity index (χ0) is 15.8. The van der Waals surface area contributed by atoms with Gasteiger partial charge < -0.3 is 0 Å². The Hall–Kier alpha value is -3.41. The Kier molecular flexibility index (Phi) is 2.94. The maximum Gasteiger partial charge on any atom is 0.216 e. The van der Waals surface area contributed by atoms with E-state index in [1.165, 1.54) is 0 Å². The van der Waals surface area contributed by atoms with Gasteiger partial charge in [0.2, 0.25) is 11.6 Å². The van der Waals surface area contributed by atoms with Gasteiger partial charge in [0, 0.05) is 11.1 Å². The standard InChI is InChI=1S/C17H10N4O2/c22-16-12-8-4-5-9-13(12)17(23)15-14(16)19-21(20-15)18-10-11-6-2-1-3-7-11/h1-10H/b18-10+. The highest BCUT2D eigenvalue weighted by molar-refractivity contribution is 6.26. The highest BCUT2D eigenvalue weighted by Crippen LogP contribution is 2.24. The summed E-state index contributed by atoms with van der Waals surface area (Å²) in [5, 5.41) is 12.1. The van der Waals surface area contributed by atoms with Crippen LogP contribution in [0.5, 0.6) is 0 Å². The number of benzene rings is 2. The molecule has 6 heteroatoms. The predicted octanol–water partition coefficient (Wildman–Crippen LogP) is 1.94. The first-order valence-corrected chi connectivity index (χ1v) is 6.99. The van der Waals surface area contributed by atoms with Crippen LogP contribution >= 0.6 is 0 Å². The molecule has 1 aliphatic rings. The maximum absolute atomic E-state index is 12.4. The van der Waals surface area contributed by atoms with Gasteiger partial charge in [-0.25, -0.2) is 0 Å². The van der Waals surface area contributed by atoms with Crippen LogP contribution in [0.25, 0.3) is 0 Å². The van der Waals surface area contributed by atoms with Crippen molar-refractivity contribution in [1.82, 2.24) is 15.1 Å². The van der Waals surface area contributed by atoms with Gasteiger partial charge in [0.25, 0.3) is 0 Å². The van der Waals surface area contributed by atoms with Crippen LogP contribution in [0.3, 0.4) is 0 Å². The van der Waals surface area contributed by atoms with Crippen molar-refractivity contribution in [3.05, 3.63) is 82.7 Å². The lowest BCUT2D eigenvalue weighted by Crippen LogP contribution is -2.20. The number of hydrogen-bond donors (Lipinski definition) is 0. The Labute approximate surface area is 131 Å². The second-order valence-electron chi connectivity index (χ2n) is 5.02. The second kappa shape index (κ2) is 5.10. The first-order valence-electron chi connectivity index (χ1n) is 6.99. The molecule has 0 bridgehead atoms. The van der Waals surface area contributed by atoms with E-state index in [2.05, 4.69) is 15.3 Å². The Morgan fingerprint density at radius 3 is 1.87 bits per heavy atom. The minimum absolute atomic E-state index is 0.0407. The van der Waals surface area contributed by atoms with Gasteiger partial charge in [-0.15, -0.1) is 15.3 Å². The SMILES string of the molecule is O=C1c2ccccc2C(=O)c2nn(/N=C/c3ccccc3)nc21. The van der Waals surface area contributed by atoms with Crippen molar-refractivity contribution in [2.24, 2.45) is 5.10 Å². The first kappa shape index (κ1) is 13.3. The third-order valence-corrected chi connectivity index (χ3v) is 3.56. The summed E-state index contributed by atoms with van der Waals surface area (Å²) in [6.45, 7) is 0. The molecule has 0 atom stereocenters. The molecule has 1 aromatic heterocycles. The summed E-state index contributed by atoms with van der Waals surface area (Å²) in [5.74, 6) is -0.618. The van der Waals surface area contributed by atoms with Crippen LogP contribution in [-0.4, -0.2) is 32.9 Å². The zero-order valence-electron chi connectivity index (χ0n) is 11.9. The molecule has 0 radical (unpaired) electrons. The molecule has 0 spiro atoms. The van der Waals surface area contributed by atoms with Gasteiger partial charge in [-0.2, -0.15) is 0 Å². The van der Waals surface area contributed by atoms with Crippen LogP contribution in [0.4, 0.5) is 0 Å². The fourth-order valence-electron chi connectivity index (χ4n) is 2.45. The largest absolute Gasteiger partial charge is 0.287 e. The third kappa shape index (κ3) is 2.17. The molecule has 2 aromatic carbocycles. The van der Waals surface area contributed by atoms with Crippen molar-refractivity contribution in [2.45, 2.75) is 0 Å². The molecule has 1 aliphatic carbocycles. The fraction of sp³-hybridized carbons (Fsp3) is 0. The lowest BCUT2D eigenvalue weighted by atomic mass is 9.90. The monoisotopic (exact) mass is 302 g/mol. The Morgan fingerprint density at radius 2 is 1.30 bits per heavy atom. The molecule has 3 aromatic rings. The number of nitrogens with zero attached hydrogens (tertiary/aromatic N) is 4. The smallest absolute Gasteiger partial charge is 0.216 e. The molecule has 0 N–H and O–H groups in total. The Morgan fingerprint density at radius 1 is 0.783 bits per heavy atom. The van der Waals surface area contributed by atoms with E-state index in [4.69, 9.17) is 0 Å². The summed E-state index contributed by atoms with van der Waals surface area (Å²) in [6, 6.07) is 16.1. The Balaban J connectivity index is 1.74. The Bertz CT molecular complexity index is 905. The molecule has 0 saturated carbocycles. The van der Waals surface area contributed by atoms with Crippen LogP contribution in [0.2, 0.25) is 0 Å². The van der Waals surface area contributed by atoms with Gasteiger partial charge in [-0.3, -0.25) is 9.59 Å². The lowest BCUT2D eigenvalue weighted by Gasteiger charge is -2.10. The average molecular weight is 302 g/mol. The van der Waals surface area contributed by atoms with Crippen molar-refractivity contribution < 1.29 is 9.59 Å². The van der Waals surface area contributed by atoms with Crippen LogP contribution < -0.4 is 0 Å². The topological polar surface area (TPSA) is 77.2 Å².